The molecular formula is C7H10N4O3. The molecule has 1 heterocycles. The number of nitrogens with zero attached hydrogens (tertiary/aromatic N) is 1. The summed E-state index contributed by atoms with van der Waals surface area (Å²) in [5.41, 5.74) is -0.0724. The summed E-state index contributed by atoms with van der Waals surface area (Å²) in [7, 11) is 0. The Balaban J connectivity index is 2.59. The van der Waals surface area contributed by atoms with E-state index < -0.39 is 12.0 Å². The lowest BCUT2D eigenvalue weighted by Gasteiger charge is -2.00. The minimum absolute atomic E-state index is 0.0724. The number of carboxylic acids is 1. The predicted octanol–water partition coefficient (Wildman–Crippen LogP) is 0.249. The van der Waals surface area contributed by atoms with Gasteiger partial charge in [-0.2, -0.15) is 5.10 Å². The van der Waals surface area contributed by atoms with Gasteiger partial charge in [-0.05, 0) is 6.92 Å². The summed E-state index contributed by atoms with van der Waals surface area (Å²) in [4.78, 5) is 21.4. The Labute approximate surface area is 79.5 Å². The highest BCUT2D eigenvalue weighted by atomic mass is 16.4. The quantitative estimate of drug-likeness (QED) is 0.558. The van der Waals surface area contributed by atoms with E-state index in [1.807, 2.05) is 0 Å². The summed E-state index contributed by atoms with van der Waals surface area (Å²) in [6, 6.07) is 0.813. The number of carboxylic acid groups (broad SMARTS) is 1. The van der Waals surface area contributed by atoms with Gasteiger partial charge < -0.3 is 10.4 Å². The van der Waals surface area contributed by atoms with E-state index in [0.717, 1.165) is 0 Å². The highest BCUT2D eigenvalue weighted by molar-refractivity contribution is 5.91. The van der Waals surface area contributed by atoms with E-state index in [0.29, 0.717) is 6.54 Å². The second kappa shape index (κ2) is 4.26. The number of H-pyrrole nitrogens is 1. The van der Waals surface area contributed by atoms with Crippen molar-refractivity contribution in [2.24, 2.45) is 0 Å². The van der Waals surface area contributed by atoms with Gasteiger partial charge in [0.05, 0.1) is 0 Å². The first-order valence-electron chi connectivity index (χ1n) is 3.97. The summed E-state index contributed by atoms with van der Waals surface area (Å²) < 4.78 is 0. The average Bonchev–Trinajstić information content (AvgIpc) is 2.53. The molecule has 0 aromatic carbocycles. The second-order valence-electron chi connectivity index (χ2n) is 2.46. The molecule has 0 saturated heterocycles. The number of carbonyl (C=O) groups is 2. The maximum absolute atomic E-state index is 11.0. The summed E-state index contributed by atoms with van der Waals surface area (Å²) >= 11 is 0. The molecule has 1 aromatic rings. The zero-order valence-corrected chi connectivity index (χ0v) is 7.50. The summed E-state index contributed by atoms with van der Waals surface area (Å²) in [6.45, 7) is 2.26. The Morgan fingerprint density at radius 1 is 1.64 bits per heavy atom. The van der Waals surface area contributed by atoms with E-state index in [4.69, 9.17) is 5.11 Å². The van der Waals surface area contributed by atoms with Crippen LogP contribution in [0.1, 0.15) is 17.4 Å². The number of amides is 2. The van der Waals surface area contributed by atoms with Gasteiger partial charge in [0.2, 0.25) is 0 Å². The Morgan fingerprint density at radius 3 is 2.86 bits per heavy atom. The molecule has 0 aliphatic rings. The van der Waals surface area contributed by atoms with Crippen molar-refractivity contribution >= 4 is 17.8 Å². The van der Waals surface area contributed by atoms with Crippen LogP contribution in [0.2, 0.25) is 0 Å². The summed E-state index contributed by atoms with van der Waals surface area (Å²) in [6.07, 6.45) is 0. The first-order chi connectivity index (χ1) is 6.63. The highest BCUT2D eigenvalue weighted by Gasteiger charge is 2.08. The molecule has 0 atom stereocenters. The summed E-state index contributed by atoms with van der Waals surface area (Å²) in [5.74, 6) is -0.949. The molecule has 14 heavy (non-hydrogen) atoms. The Kier molecular flexibility index (Phi) is 3.05. The minimum Gasteiger partial charge on any atom is -0.477 e. The fraction of sp³-hybridized carbons (Fsp3) is 0.286. The number of carbonyl (C=O) groups excluding carboxylic acids is 1. The average molecular weight is 198 g/mol. The topological polar surface area (TPSA) is 107 Å². The number of hydrogen-bond acceptors (Lipinski definition) is 3. The third-order valence-corrected chi connectivity index (χ3v) is 1.39. The number of rotatable bonds is 3. The van der Waals surface area contributed by atoms with Gasteiger partial charge in [0, 0.05) is 12.6 Å². The number of aromatic nitrogens is 2. The maximum Gasteiger partial charge on any atom is 0.353 e. The van der Waals surface area contributed by atoms with Crippen LogP contribution >= 0.6 is 0 Å². The number of aromatic amines is 1. The van der Waals surface area contributed by atoms with Crippen LogP contribution in [0.15, 0.2) is 6.07 Å². The van der Waals surface area contributed by atoms with Crippen LogP contribution in [0.3, 0.4) is 0 Å². The molecule has 2 amide bonds. The van der Waals surface area contributed by atoms with E-state index in [9.17, 15) is 9.59 Å². The number of urea groups is 1. The molecule has 0 fully saturated rings. The molecule has 1 aromatic heterocycles. The van der Waals surface area contributed by atoms with Crippen molar-refractivity contribution in [3.63, 3.8) is 0 Å². The van der Waals surface area contributed by atoms with Crippen LogP contribution in [0.25, 0.3) is 0 Å². The molecule has 7 nitrogen and oxygen atoms in total. The molecule has 0 bridgehead atoms. The van der Waals surface area contributed by atoms with Crippen LogP contribution in [0.4, 0.5) is 10.6 Å². The minimum atomic E-state index is -1.12. The van der Waals surface area contributed by atoms with Crippen molar-refractivity contribution in [2.45, 2.75) is 6.92 Å². The van der Waals surface area contributed by atoms with Gasteiger partial charge in [0.15, 0.2) is 5.82 Å². The van der Waals surface area contributed by atoms with Crippen LogP contribution < -0.4 is 10.6 Å². The van der Waals surface area contributed by atoms with Crippen LogP contribution in [0.5, 0.6) is 0 Å². The SMILES string of the molecule is CCNC(=O)Nc1cc(C(=O)O)[nH]n1. The lowest BCUT2D eigenvalue weighted by atomic mass is 10.4. The van der Waals surface area contributed by atoms with Gasteiger partial charge in [-0.25, -0.2) is 9.59 Å². The monoisotopic (exact) mass is 198 g/mol. The van der Waals surface area contributed by atoms with Crippen molar-refractivity contribution in [3.8, 4) is 0 Å². The molecule has 0 unspecified atom stereocenters. The van der Waals surface area contributed by atoms with Gasteiger partial charge >= 0.3 is 12.0 Å². The number of anilines is 1. The van der Waals surface area contributed by atoms with Crippen molar-refractivity contribution < 1.29 is 14.7 Å². The Hall–Kier alpha value is -2.05. The molecule has 7 heteroatoms. The van der Waals surface area contributed by atoms with Crippen molar-refractivity contribution in [1.29, 1.82) is 0 Å². The maximum atomic E-state index is 11.0. The largest absolute Gasteiger partial charge is 0.477 e. The molecule has 1 rings (SSSR count). The number of nitrogens with one attached hydrogen (secondary N) is 3. The molecule has 0 spiro atoms. The van der Waals surface area contributed by atoms with Gasteiger partial charge in [0.25, 0.3) is 0 Å². The zero-order chi connectivity index (χ0) is 10.6. The molecule has 0 aliphatic carbocycles. The normalized spacial score (nSPS) is 9.50. The highest BCUT2D eigenvalue weighted by Crippen LogP contribution is 2.04. The molecule has 0 saturated carbocycles. The fourth-order valence-electron chi connectivity index (χ4n) is 0.816. The lowest BCUT2D eigenvalue weighted by Crippen LogP contribution is -2.28. The van der Waals surface area contributed by atoms with E-state index in [1.165, 1.54) is 6.07 Å². The lowest BCUT2D eigenvalue weighted by molar-refractivity contribution is 0.0690. The first kappa shape index (κ1) is 10.0. The van der Waals surface area contributed by atoms with Gasteiger partial charge in [-0.15, -0.1) is 0 Å². The van der Waals surface area contributed by atoms with Crippen LogP contribution in [-0.2, 0) is 0 Å². The summed E-state index contributed by atoms with van der Waals surface area (Å²) in [5, 5.41) is 19.2. The number of aromatic carboxylic acids is 1. The third kappa shape index (κ3) is 2.47. The third-order valence-electron chi connectivity index (χ3n) is 1.39. The van der Waals surface area contributed by atoms with Gasteiger partial charge in [-0.3, -0.25) is 10.4 Å². The van der Waals surface area contributed by atoms with E-state index in [1.54, 1.807) is 6.92 Å². The van der Waals surface area contributed by atoms with E-state index in [2.05, 4.69) is 20.8 Å². The van der Waals surface area contributed by atoms with Crippen LogP contribution in [-0.4, -0.2) is 33.8 Å². The van der Waals surface area contributed by atoms with Gasteiger partial charge in [-0.1, -0.05) is 0 Å². The van der Waals surface area contributed by atoms with Crippen molar-refractivity contribution in [1.82, 2.24) is 15.5 Å². The Morgan fingerprint density at radius 2 is 2.36 bits per heavy atom. The van der Waals surface area contributed by atoms with Crippen LogP contribution in [0, 0.1) is 0 Å². The molecule has 0 aliphatic heterocycles. The second-order valence-corrected chi connectivity index (χ2v) is 2.46. The smallest absolute Gasteiger partial charge is 0.353 e. The first-order valence-corrected chi connectivity index (χ1v) is 3.97. The molecule has 4 N–H and O–H groups in total. The molecule has 76 valence electrons. The molecule has 0 radical (unpaired) electrons. The van der Waals surface area contributed by atoms with E-state index >= 15 is 0 Å². The number of hydrogen-bond donors (Lipinski definition) is 4. The standard InChI is InChI=1S/C7H10N4O3/c1-2-8-7(14)9-5-3-4(6(12)13)10-11-5/h3H,2H2,1H3,(H,12,13)(H3,8,9,10,11,14). The van der Waals surface area contributed by atoms with Gasteiger partial charge in [0.1, 0.15) is 5.69 Å². The zero-order valence-electron chi connectivity index (χ0n) is 7.50. The van der Waals surface area contributed by atoms with Crippen molar-refractivity contribution in [2.75, 3.05) is 11.9 Å². The predicted molar refractivity (Wildman–Crippen MR) is 48.2 cm³/mol. The Bertz CT molecular complexity index is 346. The van der Waals surface area contributed by atoms with E-state index in [-0.39, 0.29) is 11.5 Å². The van der Waals surface area contributed by atoms with Crippen molar-refractivity contribution in [3.05, 3.63) is 11.8 Å². The fourth-order valence-corrected chi connectivity index (χ4v) is 0.816. The molecular weight excluding hydrogens is 188 g/mol.